The van der Waals surface area contributed by atoms with Gasteiger partial charge in [0, 0.05) is 19.4 Å². The molecule has 0 N–H and O–H groups in total. The van der Waals surface area contributed by atoms with Crippen LogP contribution in [0.2, 0.25) is 0 Å². The Morgan fingerprint density at radius 2 is 0.657 bits per heavy atom. The highest BCUT2D eigenvalue weighted by Gasteiger charge is 2.17. The summed E-state index contributed by atoms with van der Waals surface area (Å²) < 4.78 is 17.4. The molecule has 0 aromatic heterocycles. The lowest BCUT2D eigenvalue weighted by atomic mass is 10.1. The maximum absolute atomic E-state index is 12.8. The van der Waals surface area contributed by atoms with Crippen molar-refractivity contribution < 1.29 is 23.8 Å². The molecule has 0 aromatic rings. The number of unbranched alkanes of at least 4 members (excludes halogenated alkanes) is 24. The second-order valence-corrected chi connectivity index (χ2v) is 19.2. The fourth-order valence-electron chi connectivity index (χ4n) is 7.90. The van der Waals surface area contributed by atoms with E-state index >= 15 is 0 Å². The molecule has 0 heterocycles. The van der Waals surface area contributed by atoms with E-state index in [0.29, 0.717) is 19.4 Å². The number of ether oxygens (including phenoxy) is 3. The Kier molecular flexibility index (Phi) is 56.9. The van der Waals surface area contributed by atoms with E-state index in [4.69, 9.17) is 14.2 Å². The monoisotopic (exact) mass is 971 g/mol. The van der Waals surface area contributed by atoms with E-state index in [1.165, 1.54) is 135 Å². The zero-order valence-electron chi connectivity index (χ0n) is 46.0. The van der Waals surface area contributed by atoms with Crippen molar-refractivity contribution in [1.82, 2.24) is 0 Å². The lowest BCUT2D eigenvalue weighted by Gasteiger charge is -2.18. The van der Waals surface area contributed by atoms with Gasteiger partial charge in [-0.15, -0.1) is 0 Å². The van der Waals surface area contributed by atoms with Crippen molar-refractivity contribution in [2.24, 2.45) is 0 Å². The Bertz CT molecular complexity index is 1380. The van der Waals surface area contributed by atoms with Crippen molar-refractivity contribution in [3.63, 3.8) is 0 Å². The van der Waals surface area contributed by atoms with E-state index in [1.807, 2.05) is 0 Å². The fraction of sp³-hybridized carbons (Fsp3) is 0.692. The minimum atomic E-state index is -0.581. The van der Waals surface area contributed by atoms with E-state index in [1.54, 1.807) is 0 Å². The molecule has 0 aliphatic rings. The smallest absolute Gasteiger partial charge is 0.306 e. The van der Waals surface area contributed by atoms with E-state index < -0.39 is 6.10 Å². The number of carbonyl (C=O) groups excluding carboxylic acids is 2. The molecule has 0 rings (SSSR count). The van der Waals surface area contributed by atoms with Gasteiger partial charge in [-0.05, 0) is 122 Å². The molecular weight excluding hydrogens is 861 g/mol. The third kappa shape index (κ3) is 57.1. The van der Waals surface area contributed by atoms with Crippen molar-refractivity contribution in [3.05, 3.63) is 109 Å². The number of hydrogen-bond acceptors (Lipinski definition) is 5. The lowest BCUT2D eigenvalue weighted by Crippen LogP contribution is -2.30. The maximum atomic E-state index is 12.8. The van der Waals surface area contributed by atoms with Crippen LogP contribution < -0.4 is 0 Å². The second-order valence-electron chi connectivity index (χ2n) is 19.2. The van der Waals surface area contributed by atoms with Crippen molar-refractivity contribution in [3.8, 4) is 0 Å². The largest absolute Gasteiger partial charge is 0.462 e. The number of carbonyl (C=O) groups is 2. The zero-order valence-corrected chi connectivity index (χ0v) is 46.0. The van der Waals surface area contributed by atoms with Gasteiger partial charge in [-0.2, -0.15) is 0 Å². The van der Waals surface area contributed by atoms with E-state index in [0.717, 1.165) is 96.3 Å². The Labute approximate surface area is 434 Å². The van der Waals surface area contributed by atoms with Gasteiger partial charge in [-0.1, -0.05) is 239 Å². The molecule has 0 amide bonds. The van der Waals surface area contributed by atoms with Crippen molar-refractivity contribution in [2.75, 3.05) is 19.8 Å². The molecule has 5 heteroatoms. The van der Waals surface area contributed by atoms with Crippen molar-refractivity contribution >= 4 is 11.9 Å². The van der Waals surface area contributed by atoms with Gasteiger partial charge >= 0.3 is 11.9 Å². The Morgan fingerprint density at radius 1 is 0.329 bits per heavy atom. The minimum absolute atomic E-state index is 0.0493. The molecular formula is C65H110O5. The highest BCUT2D eigenvalue weighted by Crippen LogP contribution is 2.14. The summed E-state index contributed by atoms with van der Waals surface area (Å²) >= 11 is 0. The topological polar surface area (TPSA) is 61.8 Å². The van der Waals surface area contributed by atoms with Gasteiger partial charge in [0.15, 0.2) is 6.10 Å². The number of rotatable bonds is 53. The van der Waals surface area contributed by atoms with Crippen LogP contribution in [0.5, 0.6) is 0 Å². The van der Waals surface area contributed by atoms with E-state index in [9.17, 15) is 9.59 Å². The van der Waals surface area contributed by atoms with Gasteiger partial charge in [-0.3, -0.25) is 9.59 Å². The number of hydrogen-bond donors (Lipinski definition) is 0. The zero-order chi connectivity index (χ0) is 50.6. The number of esters is 2. The second kappa shape index (κ2) is 59.9. The fourth-order valence-corrected chi connectivity index (χ4v) is 7.90. The van der Waals surface area contributed by atoms with Crippen LogP contribution in [0, 0.1) is 0 Å². The number of allylic oxidation sites excluding steroid dienone is 18. The normalized spacial score (nSPS) is 13.0. The first-order valence-corrected chi connectivity index (χ1v) is 29.4. The highest BCUT2D eigenvalue weighted by molar-refractivity contribution is 5.70. The Morgan fingerprint density at radius 3 is 1.11 bits per heavy atom. The van der Waals surface area contributed by atoms with Crippen LogP contribution in [-0.2, 0) is 23.8 Å². The van der Waals surface area contributed by atoms with Crippen LogP contribution in [0.15, 0.2) is 109 Å². The van der Waals surface area contributed by atoms with Crippen molar-refractivity contribution in [2.45, 2.75) is 271 Å². The van der Waals surface area contributed by atoms with Crippen LogP contribution in [0.3, 0.4) is 0 Å². The summed E-state index contributed by atoms with van der Waals surface area (Å²) in [6, 6.07) is 0. The lowest BCUT2D eigenvalue weighted by molar-refractivity contribution is -0.162. The first-order valence-electron chi connectivity index (χ1n) is 29.4. The molecule has 5 nitrogen and oxygen atoms in total. The van der Waals surface area contributed by atoms with E-state index in [2.05, 4.69) is 130 Å². The molecule has 0 bridgehead atoms. The molecule has 0 aliphatic carbocycles. The Balaban J connectivity index is 4.40. The molecule has 0 saturated carbocycles. The first kappa shape index (κ1) is 66.6. The summed E-state index contributed by atoms with van der Waals surface area (Å²) in [6.07, 6.45) is 82.6. The van der Waals surface area contributed by atoms with Gasteiger partial charge in [0.05, 0.1) is 6.61 Å². The Hall–Kier alpha value is -3.44. The third-order valence-corrected chi connectivity index (χ3v) is 12.3. The molecule has 0 spiro atoms. The highest BCUT2D eigenvalue weighted by atomic mass is 16.6. The molecule has 1 atom stereocenters. The summed E-state index contributed by atoms with van der Waals surface area (Å²) in [4.78, 5) is 25.5. The standard InChI is InChI=1S/C65H110O5/c1-4-7-10-13-16-19-22-25-28-31-33-35-37-40-43-46-49-52-55-58-64(66)69-62-63(61-68-60-57-54-51-48-45-42-39-36-32-29-26-23-20-17-14-11-8-5-2)70-65(67)59-56-53-50-47-44-41-38-34-30-27-24-21-18-15-12-9-6-3/h9,12,16,18-19,21,25-30,33,35,38,41,47,50,63H,4-8,10-11,13-15,17,20,22-24,31-32,34,36-37,39-40,42-46,48-49,51-62H2,1-3H3/b12-9-,19-16-,21-18-,28-25-,29-26-,30-27-,35-33-,41-38-,50-47-. The summed E-state index contributed by atoms with van der Waals surface area (Å²) in [5.41, 5.74) is 0. The summed E-state index contributed by atoms with van der Waals surface area (Å²) in [7, 11) is 0. The minimum Gasteiger partial charge on any atom is -0.462 e. The van der Waals surface area contributed by atoms with Crippen LogP contribution in [-0.4, -0.2) is 37.9 Å². The molecule has 0 saturated heterocycles. The molecule has 0 aromatic carbocycles. The van der Waals surface area contributed by atoms with Gasteiger partial charge < -0.3 is 14.2 Å². The maximum Gasteiger partial charge on any atom is 0.306 e. The quantitative estimate of drug-likeness (QED) is 0.0345. The van der Waals surface area contributed by atoms with Gasteiger partial charge in [-0.25, -0.2) is 0 Å². The van der Waals surface area contributed by atoms with Crippen LogP contribution in [0.1, 0.15) is 265 Å². The molecule has 0 fully saturated rings. The van der Waals surface area contributed by atoms with Crippen molar-refractivity contribution in [1.29, 1.82) is 0 Å². The first-order chi connectivity index (χ1) is 34.6. The molecule has 0 aliphatic heterocycles. The summed E-state index contributed by atoms with van der Waals surface area (Å²) in [5, 5.41) is 0. The van der Waals surface area contributed by atoms with Crippen LogP contribution >= 0.6 is 0 Å². The summed E-state index contributed by atoms with van der Waals surface area (Å²) in [6.45, 7) is 7.61. The predicted octanol–water partition coefficient (Wildman–Crippen LogP) is 20.3. The SMILES string of the molecule is CC/C=C\C/C=C\C/C=C\C/C=C\C/C=C\CCCC(=O)OC(COCCCCCCCCCC/C=C\CCCCCCCC)COC(=O)CCCCCCCC/C=C\C/C=C\C/C=C\CCCCC. The average Bonchev–Trinajstić information content (AvgIpc) is 3.36. The molecule has 0 radical (unpaired) electrons. The molecule has 1 unspecified atom stereocenters. The summed E-state index contributed by atoms with van der Waals surface area (Å²) in [5.74, 6) is -0.480. The molecule has 70 heavy (non-hydrogen) atoms. The van der Waals surface area contributed by atoms with Crippen LogP contribution in [0.25, 0.3) is 0 Å². The predicted molar refractivity (Wildman–Crippen MR) is 306 cm³/mol. The third-order valence-electron chi connectivity index (χ3n) is 12.3. The van der Waals surface area contributed by atoms with Gasteiger partial charge in [0.2, 0.25) is 0 Å². The average molecular weight is 972 g/mol. The van der Waals surface area contributed by atoms with Gasteiger partial charge in [0.1, 0.15) is 6.61 Å². The molecule has 400 valence electrons. The van der Waals surface area contributed by atoms with Crippen LogP contribution in [0.4, 0.5) is 0 Å². The van der Waals surface area contributed by atoms with E-state index in [-0.39, 0.29) is 25.2 Å². The van der Waals surface area contributed by atoms with Gasteiger partial charge in [0.25, 0.3) is 0 Å².